The smallest absolute Gasteiger partial charge is 0.309 e. The van der Waals surface area contributed by atoms with Crippen LogP contribution in [0.1, 0.15) is 12.0 Å². The Hall–Kier alpha value is -1.40. The van der Waals surface area contributed by atoms with Gasteiger partial charge in [-0.15, -0.1) is 0 Å². The van der Waals surface area contributed by atoms with E-state index in [0.717, 1.165) is 5.56 Å². The predicted octanol–water partition coefficient (Wildman–Crippen LogP) is 1.51. The van der Waals surface area contributed by atoms with E-state index in [0.29, 0.717) is 6.42 Å². The van der Waals surface area contributed by atoms with E-state index in [4.69, 9.17) is 4.18 Å². The highest BCUT2D eigenvalue weighted by Gasteiger charge is 2.44. The Labute approximate surface area is 112 Å². The summed E-state index contributed by atoms with van der Waals surface area (Å²) in [7, 11) is -2.42. The minimum atomic E-state index is -3.74. The first-order valence-electron chi connectivity index (χ1n) is 5.98. The van der Waals surface area contributed by atoms with Crippen molar-refractivity contribution < 1.29 is 22.1 Å². The molecule has 1 saturated carbocycles. The van der Waals surface area contributed by atoms with Crippen LogP contribution >= 0.6 is 0 Å². The fraction of sp³-hybridized carbons (Fsp3) is 0.462. The number of methoxy groups -OCH3 is 1. The van der Waals surface area contributed by atoms with Gasteiger partial charge in [0, 0.05) is 0 Å². The second-order valence-electron chi connectivity index (χ2n) is 4.68. The van der Waals surface area contributed by atoms with Gasteiger partial charge in [0.15, 0.2) is 0 Å². The zero-order valence-corrected chi connectivity index (χ0v) is 11.6. The first kappa shape index (κ1) is 14.0. The number of benzene rings is 1. The van der Waals surface area contributed by atoms with E-state index in [1.54, 1.807) is 12.1 Å². The summed E-state index contributed by atoms with van der Waals surface area (Å²) in [5.41, 5.74) is 0.979. The lowest BCUT2D eigenvalue weighted by atomic mass is 10.2. The highest BCUT2D eigenvalue weighted by Crippen LogP contribution is 2.40. The first-order valence-corrected chi connectivity index (χ1v) is 7.39. The van der Waals surface area contributed by atoms with Crippen LogP contribution in [0.25, 0.3) is 0 Å². The largest absolute Gasteiger partial charge is 0.469 e. The van der Waals surface area contributed by atoms with E-state index in [1.165, 1.54) is 19.2 Å². The van der Waals surface area contributed by atoms with E-state index in [1.807, 2.05) is 6.92 Å². The number of aryl methyl sites for hydroxylation is 1. The number of carbonyl (C=O) groups excluding carboxylic acids is 1. The van der Waals surface area contributed by atoms with Crippen molar-refractivity contribution in [1.82, 2.24) is 0 Å². The third-order valence-electron chi connectivity index (χ3n) is 3.17. The van der Waals surface area contributed by atoms with Gasteiger partial charge in [-0.2, -0.15) is 8.42 Å². The lowest BCUT2D eigenvalue weighted by molar-refractivity contribution is -0.142. The molecule has 0 saturated heterocycles. The quantitative estimate of drug-likeness (QED) is 0.605. The van der Waals surface area contributed by atoms with E-state index < -0.39 is 10.1 Å². The molecular weight excluding hydrogens is 268 g/mol. The van der Waals surface area contributed by atoms with Crippen LogP contribution in [0, 0.1) is 18.8 Å². The third kappa shape index (κ3) is 3.33. The van der Waals surface area contributed by atoms with Gasteiger partial charge in [-0.3, -0.25) is 8.98 Å². The molecule has 104 valence electrons. The number of rotatable bonds is 5. The van der Waals surface area contributed by atoms with Gasteiger partial charge >= 0.3 is 5.97 Å². The van der Waals surface area contributed by atoms with Crippen molar-refractivity contribution in [3.63, 3.8) is 0 Å². The lowest BCUT2D eigenvalue weighted by Crippen LogP contribution is -2.11. The molecule has 0 heterocycles. The Kier molecular flexibility index (Phi) is 3.91. The van der Waals surface area contributed by atoms with Crippen LogP contribution in [0.2, 0.25) is 0 Å². The molecule has 0 amide bonds. The summed E-state index contributed by atoms with van der Waals surface area (Å²) in [5, 5.41) is 0. The lowest BCUT2D eigenvalue weighted by Gasteiger charge is -2.05. The zero-order valence-electron chi connectivity index (χ0n) is 10.8. The number of ether oxygens (including phenoxy) is 1. The van der Waals surface area contributed by atoms with Crippen molar-refractivity contribution in [2.45, 2.75) is 18.2 Å². The van der Waals surface area contributed by atoms with Crippen molar-refractivity contribution in [3.05, 3.63) is 29.8 Å². The molecule has 5 nitrogen and oxygen atoms in total. The van der Waals surface area contributed by atoms with Crippen LogP contribution in [-0.4, -0.2) is 28.1 Å². The molecule has 0 radical (unpaired) electrons. The molecule has 1 aromatic carbocycles. The van der Waals surface area contributed by atoms with Gasteiger partial charge in [-0.05, 0) is 31.4 Å². The summed E-state index contributed by atoms with van der Waals surface area (Å²) >= 11 is 0. The Morgan fingerprint density at radius 1 is 1.32 bits per heavy atom. The average Bonchev–Trinajstić information content (AvgIpc) is 3.16. The van der Waals surface area contributed by atoms with E-state index in [9.17, 15) is 13.2 Å². The van der Waals surface area contributed by atoms with Crippen LogP contribution in [0.4, 0.5) is 0 Å². The monoisotopic (exact) mass is 284 g/mol. The molecule has 1 fully saturated rings. The third-order valence-corrected chi connectivity index (χ3v) is 4.47. The minimum absolute atomic E-state index is 0.0238. The summed E-state index contributed by atoms with van der Waals surface area (Å²) < 4.78 is 33.3. The molecule has 0 aromatic heterocycles. The van der Waals surface area contributed by atoms with Gasteiger partial charge in [0.2, 0.25) is 0 Å². The van der Waals surface area contributed by atoms with Gasteiger partial charge in [0.25, 0.3) is 10.1 Å². The average molecular weight is 284 g/mol. The molecular formula is C13H16O5S. The molecule has 6 heteroatoms. The molecule has 2 unspecified atom stereocenters. The normalized spacial score (nSPS) is 22.0. The second kappa shape index (κ2) is 5.30. The summed E-state index contributed by atoms with van der Waals surface area (Å²) in [4.78, 5) is 11.3. The number of hydrogen-bond donors (Lipinski definition) is 0. The topological polar surface area (TPSA) is 69.7 Å². The fourth-order valence-corrected chi connectivity index (χ4v) is 2.78. The maximum Gasteiger partial charge on any atom is 0.309 e. The summed E-state index contributed by atoms with van der Waals surface area (Å²) in [6.07, 6.45) is 0.621. The molecule has 1 aliphatic rings. The molecule has 0 bridgehead atoms. The van der Waals surface area contributed by atoms with E-state index in [2.05, 4.69) is 4.74 Å². The van der Waals surface area contributed by atoms with Gasteiger partial charge in [-0.25, -0.2) is 0 Å². The predicted molar refractivity (Wildman–Crippen MR) is 67.9 cm³/mol. The fourth-order valence-electron chi connectivity index (χ4n) is 1.82. The van der Waals surface area contributed by atoms with Crippen molar-refractivity contribution in [2.24, 2.45) is 11.8 Å². The number of hydrogen-bond acceptors (Lipinski definition) is 5. The summed E-state index contributed by atoms with van der Waals surface area (Å²) in [5.74, 6) is -0.591. The van der Waals surface area contributed by atoms with Crippen LogP contribution in [0.3, 0.4) is 0 Å². The van der Waals surface area contributed by atoms with Crippen LogP contribution in [0.5, 0.6) is 0 Å². The Bertz CT molecular complexity index is 561. The number of carbonyl (C=O) groups is 1. The van der Waals surface area contributed by atoms with Gasteiger partial charge in [0.05, 0.1) is 24.5 Å². The number of esters is 1. The van der Waals surface area contributed by atoms with Gasteiger partial charge < -0.3 is 4.74 Å². The van der Waals surface area contributed by atoms with E-state index >= 15 is 0 Å². The molecule has 0 aliphatic heterocycles. The van der Waals surface area contributed by atoms with E-state index in [-0.39, 0.29) is 29.3 Å². The van der Waals surface area contributed by atoms with Crippen molar-refractivity contribution in [3.8, 4) is 0 Å². The molecule has 0 N–H and O–H groups in total. The maximum atomic E-state index is 11.9. The van der Waals surface area contributed by atoms with Crippen LogP contribution in [0.15, 0.2) is 29.2 Å². The molecule has 1 aromatic rings. The Morgan fingerprint density at radius 3 is 2.53 bits per heavy atom. The Balaban J connectivity index is 1.93. The Morgan fingerprint density at radius 2 is 1.95 bits per heavy atom. The molecule has 0 spiro atoms. The standard InChI is InChI=1S/C13H16O5S/c1-9-3-5-11(6-4-9)19(15,16)18-8-10-7-12(10)13(14)17-2/h3-6,10,12H,7-8H2,1-2H3. The van der Waals surface area contributed by atoms with Gasteiger partial charge in [0.1, 0.15) is 0 Å². The van der Waals surface area contributed by atoms with Crippen LogP contribution in [-0.2, 0) is 23.8 Å². The maximum absolute atomic E-state index is 11.9. The highest BCUT2D eigenvalue weighted by molar-refractivity contribution is 7.86. The highest BCUT2D eigenvalue weighted by atomic mass is 32.2. The molecule has 2 atom stereocenters. The van der Waals surface area contributed by atoms with Crippen molar-refractivity contribution in [1.29, 1.82) is 0 Å². The molecule has 19 heavy (non-hydrogen) atoms. The summed E-state index contributed by atoms with van der Waals surface area (Å²) in [6, 6.07) is 6.44. The second-order valence-corrected chi connectivity index (χ2v) is 6.29. The van der Waals surface area contributed by atoms with Crippen molar-refractivity contribution in [2.75, 3.05) is 13.7 Å². The zero-order chi connectivity index (χ0) is 14.0. The molecule has 2 rings (SSSR count). The van der Waals surface area contributed by atoms with Gasteiger partial charge in [-0.1, -0.05) is 17.7 Å². The summed E-state index contributed by atoms with van der Waals surface area (Å²) in [6.45, 7) is 1.90. The van der Waals surface area contributed by atoms with Crippen LogP contribution < -0.4 is 0 Å². The van der Waals surface area contributed by atoms with Crippen molar-refractivity contribution >= 4 is 16.1 Å². The minimum Gasteiger partial charge on any atom is -0.469 e. The molecule has 1 aliphatic carbocycles. The first-order chi connectivity index (χ1) is 8.94. The SMILES string of the molecule is COC(=O)C1CC1COS(=O)(=O)c1ccc(C)cc1.